The van der Waals surface area contributed by atoms with Gasteiger partial charge >= 0.3 is 0 Å². The lowest BCUT2D eigenvalue weighted by Gasteiger charge is -2.51. The maximum atomic E-state index is 13.8. The summed E-state index contributed by atoms with van der Waals surface area (Å²) < 4.78 is 0. The number of ketones is 2. The number of amides is 1. The number of anilines is 1. The van der Waals surface area contributed by atoms with Gasteiger partial charge in [0.2, 0.25) is 5.78 Å². The van der Waals surface area contributed by atoms with Gasteiger partial charge in [-0.15, -0.1) is 0 Å². The molecule has 188 valence electrons. The minimum absolute atomic E-state index is 0.0174. The Labute approximate surface area is 202 Å². The average Bonchev–Trinajstić information content (AvgIpc) is 2.75. The van der Waals surface area contributed by atoms with E-state index in [4.69, 9.17) is 5.73 Å². The van der Waals surface area contributed by atoms with Crippen LogP contribution in [0.15, 0.2) is 34.8 Å². The van der Waals surface area contributed by atoms with Crippen molar-refractivity contribution >= 4 is 23.2 Å². The van der Waals surface area contributed by atoms with Crippen molar-refractivity contribution in [2.45, 2.75) is 37.3 Å². The van der Waals surface area contributed by atoms with Gasteiger partial charge in [-0.1, -0.05) is 6.92 Å². The lowest BCUT2D eigenvalue weighted by molar-refractivity contribution is -0.148. The fourth-order valence-corrected chi connectivity index (χ4v) is 6.31. The van der Waals surface area contributed by atoms with Crippen molar-refractivity contribution in [3.8, 4) is 5.75 Å². The first-order chi connectivity index (χ1) is 16.3. The highest BCUT2D eigenvalue weighted by molar-refractivity contribution is 6.25. The van der Waals surface area contributed by atoms with Crippen LogP contribution in [0, 0.1) is 11.8 Å². The molecule has 5 atom stereocenters. The van der Waals surface area contributed by atoms with Crippen molar-refractivity contribution < 1.29 is 34.8 Å². The van der Waals surface area contributed by atoms with E-state index in [1.165, 1.54) is 11.0 Å². The number of fused-ring (bicyclic) bond motifs is 3. The predicted octanol–water partition coefficient (Wildman–Crippen LogP) is 1.14. The van der Waals surface area contributed by atoms with Crippen molar-refractivity contribution in [3.63, 3.8) is 0 Å². The highest BCUT2D eigenvalue weighted by atomic mass is 16.3. The number of likely N-dealkylation sites (N-methyl/N-ethyl adjacent to an activating group) is 1. The first-order valence-corrected chi connectivity index (χ1v) is 11.5. The quantitative estimate of drug-likeness (QED) is 0.393. The zero-order chi connectivity index (χ0) is 26.1. The molecule has 3 aliphatic rings. The molecule has 0 saturated heterocycles. The number of hydrogen-bond acceptors (Lipinski definition) is 9. The largest absolute Gasteiger partial charge is 0.510 e. The molecular weight excluding hydrogens is 454 g/mol. The van der Waals surface area contributed by atoms with Gasteiger partial charge in [0.15, 0.2) is 11.4 Å². The summed E-state index contributed by atoms with van der Waals surface area (Å²) >= 11 is 0. The van der Waals surface area contributed by atoms with E-state index in [1.54, 1.807) is 20.2 Å². The van der Waals surface area contributed by atoms with E-state index in [9.17, 15) is 34.8 Å². The van der Waals surface area contributed by atoms with Crippen molar-refractivity contribution in [1.82, 2.24) is 4.90 Å². The van der Waals surface area contributed by atoms with Crippen LogP contribution in [0.25, 0.3) is 0 Å². The molecule has 0 radical (unpaired) electrons. The third kappa shape index (κ3) is 3.13. The van der Waals surface area contributed by atoms with E-state index in [1.807, 2.05) is 25.9 Å². The molecule has 0 fully saturated rings. The summed E-state index contributed by atoms with van der Waals surface area (Å²) in [7, 11) is 6.85. The van der Waals surface area contributed by atoms with Crippen molar-refractivity contribution in [1.29, 1.82) is 0 Å². The number of phenols is 1. The number of carbonyl (C=O) groups excluding carboxylic acids is 3. The van der Waals surface area contributed by atoms with E-state index in [0.29, 0.717) is 12.0 Å². The fourth-order valence-electron chi connectivity index (χ4n) is 6.31. The van der Waals surface area contributed by atoms with Crippen molar-refractivity contribution in [2.24, 2.45) is 17.6 Å². The minimum atomic E-state index is -2.64. The summed E-state index contributed by atoms with van der Waals surface area (Å²) in [5.41, 5.74) is 3.14. The molecule has 35 heavy (non-hydrogen) atoms. The van der Waals surface area contributed by atoms with Gasteiger partial charge in [-0.2, -0.15) is 0 Å². The third-order valence-corrected chi connectivity index (χ3v) is 7.78. The number of rotatable bonds is 4. The molecule has 0 heterocycles. The Bertz CT molecular complexity index is 1220. The molecular formula is C25H31N3O7. The number of allylic oxidation sites excluding steroid dienone is 1. The van der Waals surface area contributed by atoms with E-state index in [2.05, 4.69) is 0 Å². The van der Waals surface area contributed by atoms with Gasteiger partial charge in [0.25, 0.3) is 5.91 Å². The van der Waals surface area contributed by atoms with Gasteiger partial charge in [-0.25, -0.2) is 0 Å². The van der Waals surface area contributed by atoms with Gasteiger partial charge in [0, 0.05) is 31.3 Å². The number of carbonyl (C=O) groups is 3. The number of nitrogens with zero attached hydrogens (tertiary/aromatic N) is 2. The van der Waals surface area contributed by atoms with Crippen LogP contribution in [0.2, 0.25) is 0 Å². The Kier molecular flexibility index (Phi) is 5.72. The maximum absolute atomic E-state index is 13.8. The molecule has 4 rings (SSSR count). The molecule has 0 aromatic heterocycles. The number of aliphatic hydroxyl groups excluding tert-OH is 2. The topological polar surface area (TPSA) is 165 Å². The maximum Gasteiger partial charge on any atom is 0.255 e. The summed E-state index contributed by atoms with van der Waals surface area (Å²) in [6, 6.07) is 2.10. The molecule has 1 amide bonds. The van der Waals surface area contributed by atoms with Crippen molar-refractivity contribution in [3.05, 3.63) is 45.9 Å². The van der Waals surface area contributed by atoms with Crippen LogP contribution in [-0.4, -0.2) is 82.6 Å². The number of hydrogen-bond donors (Lipinski definition) is 5. The van der Waals surface area contributed by atoms with Crippen LogP contribution in [0.3, 0.4) is 0 Å². The molecule has 0 bridgehead atoms. The fraction of sp³-hybridized carbons (Fsp3) is 0.480. The third-order valence-electron chi connectivity index (χ3n) is 7.78. The predicted molar refractivity (Wildman–Crippen MR) is 127 cm³/mol. The van der Waals surface area contributed by atoms with Crippen LogP contribution >= 0.6 is 0 Å². The van der Waals surface area contributed by atoms with Crippen LogP contribution < -0.4 is 10.6 Å². The van der Waals surface area contributed by atoms with Crippen LogP contribution in [-0.2, 0) is 9.59 Å². The number of primary amides is 1. The van der Waals surface area contributed by atoms with Crippen LogP contribution in [0.5, 0.6) is 5.75 Å². The Morgan fingerprint density at radius 1 is 1.14 bits per heavy atom. The van der Waals surface area contributed by atoms with Gasteiger partial charge in [-0.05, 0) is 56.5 Å². The number of phenolic OH excluding ortho intramolecular Hbond substituents is 1. The summed E-state index contributed by atoms with van der Waals surface area (Å²) in [6.45, 7) is 1.92. The Hall–Kier alpha value is -3.37. The number of nitrogens with two attached hydrogens (primary N) is 1. The number of aromatic hydroxyl groups is 1. The molecule has 10 nitrogen and oxygen atoms in total. The lowest BCUT2D eigenvalue weighted by Crippen LogP contribution is -2.64. The first kappa shape index (κ1) is 24.7. The van der Waals surface area contributed by atoms with Crippen molar-refractivity contribution in [2.75, 3.05) is 33.1 Å². The number of Topliss-reactive ketones (excluding diaryl/α,β-unsaturated/α-hetero) is 2. The molecule has 0 spiro atoms. The molecule has 6 N–H and O–H groups in total. The molecule has 1 aromatic carbocycles. The van der Waals surface area contributed by atoms with E-state index in [-0.39, 0.29) is 29.2 Å². The van der Waals surface area contributed by atoms with E-state index in [0.717, 1.165) is 5.69 Å². The normalized spacial score (nSPS) is 30.3. The summed E-state index contributed by atoms with van der Waals surface area (Å²) in [5, 5.41) is 44.6. The lowest BCUT2D eigenvalue weighted by atomic mass is 9.56. The smallest absolute Gasteiger partial charge is 0.255 e. The SMILES string of the molecule is CCC1c2c(N(C)C)ccc(O)c2C(=O)C2=C(O)[C@]3(O)C(=O)C(C(N)=O)=C(O)[C@@H](N(C)C)[C@@H]3CC21. The van der Waals surface area contributed by atoms with E-state index < -0.39 is 58.0 Å². The summed E-state index contributed by atoms with van der Waals surface area (Å²) in [4.78, 5) is 42.6. The second-order valence-electron chi connectivity index (χ2n) is 9.97. The van der Waals surface area contributed by atoms with Crippen LogP contribution in [0.1, 0.15) is 41.6 Å². The summed E-state index contributed by atoms with van der Waals surface area (Å²) in [5.74, 6) is -6.87. The van der Waals surface area contributed by atoms with Gasteiger partial charge in [-0.3, -0.25) is 19.3 Å². The molecule has 10 heteroatoms. The number of aliphatic hydroxyl groups is 3. The zero-order valence-electron chi connectivity index (χ0n) is 20.4. The Morgan fingerprint density at radius 3 is 2.29 bits per heavy atom. The summed E-state index contributed by atoms with van der Waals surface area (Å²) in [6.07, 6.45) is 0.596. The molecule has 3 aliphatic carbocycles. The standard InChI is InChI=1S/C25H31N3O7/c1-6-10-11-9-12-19(28(4)5)21(31)18(24(26)34)23(33)25(12,35)22(32)16(11)20(30)17-14(29)8-7-13(15(10)17)27(2)3/h7-8,10-12,19,29,31-32,35H,6,9H2,1-5H3,(H2,26,34)/t10?,11?,12-,19-,25-/m0/s1. The molecule has 2 unspecified atom stereocenters. The highest BCUT2D eigenvalue weighted by Gasteiger charge is 2.64. The monoisotopic (exact) mass is 485 g/mol. The van der Waals surface area contributed by atoms with Gasteiger partial charge in [0.05, 0.1) is 11.6 Å². The highest BCUT2D eigenvalue weighted by Crippen LogP contribution is 2.57. The second-order valence-corrected chi connectivity index (χ2v) is 9.97. The molecule has 0 saturated carbocycles. The average molecular weight is 486 g/mol. The Morgan fingerprint density at radius 2 is 1.77 bits per heavy atom. The van der Waals surface area contributed by atoms with Gasteiger partial charge < -0.3 is 31.1 Å². The molecule has 1 aromatic rings. The van der Waals surface area contributed by atoms with E-state index >= 15 is 0 Å². The molecule has 0 aliphatic heterocycles. The first-order valence-electron chi connectivity index (χ1n) is 11.5. The number of benzene rings is 1. The second kappa shape index (κ2) is 8.10. The zero-order valence-corrected chi connectivity index (χ0v) is 20.4. The van der Waals surface area contributed by atoms with Crippen LogP contribution in [0.4, 0.5) is 5.69 Å². The van der Waals surface area contributed by atoms with Gasteiger partial charge in [0.1, 0.15) is 22.8 Å². The minimum Gasteiger partial charge on any atom is -0.510 e. The Balaban J connectivity index is 2.05.